The maximum absolute atomic E-state index is 5.61. The van der Waals surface area contributed by atoms with Crippen molar-refractivity contribution < 1.29 is 4.74 Å². The zero-order valence-corrected chi connectivity index (χ0v) is 12.8. The second-order valence-corrected chi connectivity index (χ2v) is 6.60. The summed E-state index contributed by atoms with van der Waals surface area (Å²) in [5.41, 5.74) is 0. The van der Waals surface area contributed by atoms with E-state index in [2.05, 4.69) is 35.4 Å². The largest absolute Gasteiger partial charge is 0.380 e. The van der Waals surface area contributed by atoms with Gasteiger partial charge >= 0.3 is 0 Å². The highest BCUT2D eigenvalue weighted by Gasteiger charge is 2.33. The van der Waals surface area contributed by atoms with E-state index in [1.165, 1.54) is 51.3 Å². The number of ether oxygens (including phenoxy) is 1. The third-order valence-electron chi connectivity index (χ3n) is 4.26. The minimum atomic E-state index is 0.737. The lowest BCUT2D eigenvalue weighted by molar-refractivity contribution is 0.0368. The predicted octanol–water partition coefficient (Wildman–Crippen LogP) is 1.92. The molecular formula is C14H28N2OS. The van der Waals surface area contributed by atoms with Gasteiger partial charge < -0.3 is 9.64 Å². The minimum Gasteiger partial charge on any atom is -0.380 e. The van der Waals surface area contributed by atoms with Gasteiger partial charge in [0.1, 0.15) is 0 Å². The molecule has 0 radical (unpaired) electrons. The minimum absolute atomic E-state index is 0.737. The lowest BCUT2D eigenvalue weighted by Gasteiger charge is -2.43. The van der Waals surface area contributed by atoms with Gasteiger partial charge in [-0.1, -0.05) is 13.8 Å². The lowest BCUT2D eigenvalue weighted by Crippen LogP contribution is -2.52. The second kappa shape index (κ2) is 7.73. The lowest BCUT2D eigenvalue weighted by atomic mass is 10.1. The molecule has 0 aliphatic carbocycles. The van der Waals surface area contributed by atoms with Crippen LogP contribution in [0.1, 0.15) is 26.7 Å². The SMILES string of the molecule is CCN(CC)CCCN1CCS[C@@H]2COCC[C@@H]21. The molecule has 2 rings (SSSR count). The van der Waals surface area contributed by atoms with Gasteiger partial charge in [-0.15, -0.1) is 0 Å². The summed E-state index contributed by atoms with van der Waals surface area (Å²) in [6.45, 7) is 12.6. The van der Waals surface area contributed by atoms with Gasteiger partial charge in [0.15, 0.2) is 0 Å². The molecule has 2 heterocycles. The van der Waals surface area contributed by atoms with Gasteiger partial charge in [0.2, 0.25) is 0 Å². The highest BCUT2D eigenvalue weighted by molar-refractivity contribution is 8.00. The van der Waals surface area contributed by atoms with Crippen LogP contribution in [-0.2, 0) is 4.74 Å². The molecule has 2 aliphatic heterocycles. The topological polar surface area (TPSA) is 15.7 Å². The summed E-state index contributed by atoms with van der Waals surface area (Å²) in [5, 5.41) is 0.737. The van der Waals surface area contributed by atoms with Crippen LogP contribution in [0.2, 0.25) is 0 Å². The summed E-state index contributed by atoms with van der Waals surface area (Å²) in [6.07, 6.45) is 2.55. The number of rotatable bonds is 6. The number of thioether (sulfide) groups is 1. The van der Waals surface area contributed by atoms with Gasteiger partial charge in [-0.3, -0.25) is 4.90 Å². The van der Waals surface area contributed by atoms with Gasteiger partial charge in [0.25, 0.3) is 0 Å². The molecule has 0 unspecified atom stereocenters. The molecule has 0 aromatic carbocycles. The highest BCUT2D eigenvalue weighted by atomic mass is 32.2. The smallest absolute Gasteiger partial charge is 0.0600 e. The highest BCUT2D eigenvalue weighted by Crippen LogP contribution is 2.30. The van der Waals surface area contributed by atoms with Crippen molar-refractivity contribution in [2.75, 3.05) is 51.7 Å². The van der Waals surface area contributed by atoms with Gasteiger partial charge in [-0.05, 0) is 39.0 Å². The quantitative estimate of drug-likeness (QED) is 0.734. The van der Waals surface area contributed by atoms with Crippen LogP contribution in [0, 0.1) is 0 Å². The van der Waals surface area contributed by atoms with E-state index in [-0.39, 0.29) is 0 Å². The fourth-order valence-electron chi connectivity index (χ4n) is 3.08. The first-order valence-electron chi connectivity index (χ1n) is 7.51. The van der Waals surface area contributed by atoms with Crippen molar-refractivity contribution in [2.45, 2.75) is 38.0 Å². The molecule has 2 aliphatic rings. The summed E-state index contributed by atoms with van der Waals surface area (Å²) >= 11 is 2.12. The van der Waals surface area contributed by atoms with E-state index in [4.69, 9.17) is 4.74 Å². The Morgan fingerprint density at radius 2 is 2.17 bits per heavy atom. The molecular weight excluding hydrogens is 244 g/mol. The summed E-state index contributed by atoms with van der Waals surface area (Å²) in [4.78, 5) is 5.26. The Labute approximate surface area is 116 Å². The van der Waals surface area contributed by atoms with Crippen LogP contribution in [0.3, 0.4) is 0 Å². The second-order valence-electron chi connectivity index (χ2n) is 5.26. The molecule has 0 aromatic heterocycles. The first-order chi connectivity index (χ1) is 8.85. The maximum atomic E-state index is 5.61. The van der Waals surface area contributed by atoms with Crippen molar-refractivity contribution in [3.8, 4) is 0 Å². The van der Waals surface area contributed by atoms with Crippen molar-refractivity contribution >= 4 is 11.8 Å². The third kappa shape index (κ3) is 3.86. The number of hydrogen-bond donors (Lipinski definition) is 0. The van der Waals surface area contributed by atoms with Crippen molar-refractivity contribution in [3.05, 3.63) is 0 Å². The molecule has 0 bridgehead atoms. The van der Waals surface area contributed by atoms with E-state index < -0.39 is 0 Å². The van der Waals surface area contributed by atoms with Gasteiger partial charge in [-0.25, -0.2) is 0 Å². The molecule has 3 nitrogen and oxygen atoms in total. The molecule has 0 amide bonds. The standard InChI is InChI=1S/C14H28N2OS/c1-3-15(4-2)7-5-8-16-9-11-18-14-12-17-10-6-13(14)16/h13-14H,3-12H2,1-2H3/t13-,14+/m0/s1. The molecule has 0 saturated carbocycles. The summed E-state index contributed by atoms with van der Waals surface area (Å²) in [6, 6.07) is 0.786. The molecule has 18 heavy (non-hydrogen) atoms. The van der Waals surface area contributed by atoms with Crippen LogP contribution < -0.4 is 0 Å². The molecule has 2 atom stereocenters. The zero-order valence-electron chi connectivity index (χ0n) is 11.9. The van der Waals surface area contributed by atoms with E-state index in [9.17, 15) is 0 Å². The monoisotopic (exact) mass is 272 g/mol. The summed E-state index contributed by atoms with van der Waals surface area (Å²) < 4.78 is 5.61. The number of fused-ring (bicyclic) bond motifs is 1. The van der Waals surface area contributed by atoms with Crippen LogP contribution in [0.4, 0.5) is 0 Å². The van der Waals surface area contributed by atoms with Gasteiger partial charge in [0, 0.05) is 30.2 Å². The van der Waals surface area contributed by atoms with Crippen molar-refractivity contribution in [1.82, 2.24) is 9.80 Å². The average molecular weight is 272 g/mol. The van der Waals surface area contributed by atoms with Crippen LogP contribution in [0.25, 0.3) is 0 Å². The van der Waals surface area contributed by atoms with Gasteiger partial charge in [-0.2, -0.15) is 11.8 Å². The van der Waals surface area contributed by atoms with E-state index in [0.717, 1.165) is 24.5 Å². The molecule has 0 aromatic rings. The van der Waals surface area contributed by atoms with Crippen LogP contribution >= 0.6 is 11.8 Å². The first kappa shape index (κ1) is 14.6. The molecule has 2 fully saturated rings. The molecule has 2 saturated heterocycles. The van der Waals surface area contributed by atoms with Crippen molar-refractivity contribution in [3.63, 3.8) is 0 Å². The summed E-state index contributed by atoms with van der Waals surface area (Å²) in [7, 11) is 0. The molecule has 0 N–H and O–H groups in total. The Kier molecular flexibility index (Phi) is 6.29. The van der Waals surface area contributed by atoms with Crippen molar-refractivity contribution in [2.24, 2.45) is 0 Å². The van der Waals surface area contributed by atoms with E-state index in [1.807, 2.05) is 0 Å². The number of nitrogens with zero attached hydrogens (tertiary/aromatic N) is 2. The predicted molar refractivity (Wildman–Crippen MR) is 79.4 cm³/mol. The fraction of sp³-hybridized carbons (Fsp3) is 1.00. The first-order valence-corrected chi connectivity index (χ1v) is 8.55. The average Bonchev–Trinajstić information content (AvgIpc) is 2.44. The van der Waals surface area contributed by atoms with Crippen LogP contribution in [-0.4, -0.2) is 72.8 Å². The molecule has 4 heteroatoms. The third-order valence-corrected chi connectivity index (χ3v) is 5.56. The number of hydrogen-bond acceptors (Lipinski definition) is 4. The fourth-order valence-corrected chi connectivity index (χ4v) is 4.44. The summed E-state index contributed by atoms with van der Waals surface area (Å²) in [5.74, 6) is 1.29. The molecule has 0 spiro atoms. The van der Waals surface area contributed by atoms with Crippen LogP contribution in [0.5, 0.6) is 0 Å². The van der Waals surface area contributed by atoms with E-state index in [0.29, 0.717) is 0 Å². The van der Waals surface area contributed by atoms with Crippen LogP contribution in [0.15, 0.2) is 0 Å². The Morgan fingerprint density at radius 3 is 2.94 bits per heavy atom. The zero-order chi connectivity index (χ0) is 12.8. The normalized spacial score (nSPS) is 29.5. The maximum Gasteiger partial charge on any atom is 0.0600 e. The Morgan fingerprint density at radius 1 is 1.33 bits per heavy atom. The Hall–Kier alpha value is 0.230. The van der Waals surface area contributed by atoms with E-state index in [1.54, 1.807) is 0 Å². The Balaban J connectivity index is 1.73. The Bertz CT molecular complexity index is 234. The van der Waals surface area contributed by atoms with Gasteiger partial charge in [0.05, 0.1) is 6.61 Å². The molecule has 106 valence electrons. The van der Waals surface area contributed by atoms with Crippen molar-refractivity contribution in [1.29, 1.82) is 0 Å². The van der Waals surface area contributed by atoms with E-state index >= 15 is 0 Å².